The van der Waals surface area contributed by atoms with Crippen LogP contribution in [0.2, 0.25) is 0 Å². The number of phenols is 1. The van der Waals surface area contributed by atoms with Gasteiger partial charge in [-0.25, -0.2) is 0 Å². The first-order valence-corrected chi connectivity index (χ1v) is 10.2. The zero-order valence-corrected chi connectivity index (χ0v) is 18.2. The first-order chi connectivity index (χ1) is 15.6. The summed E-state index contributed by atoms with van der Waals surface area (Å²) in [4.78, 5) is 0. The van der Waals surface area contributed by atoms with Crippen LogP contribution in [-0.2, 0) is 14.2 Å². The molecule has 0 saturated carbocycles. The van der Waals surface area contributed by atoms with Gasteiger partial charge in [0, 0.05) is 12.1 Å². The molecule has 3 rings (SSSR count). The number of aliphatic hydroxyl groups excluding tert-OH is 6. The number of ether oxygens (including phenoxy) is 6. The van der Waals surface area contributed by atoms with Crippen LogP contribution in [0, 0.1) is 0 Å². The largest absolute Gasteiger partial charge is 0.508 e. The minimum atomic E-state index is -1.70. The molecular weight excluding hydrogens is 448 g/mol. The van der Waals surface area contributed by atoms with Gasteiger partial charge in [0.15, 0.2) is 17.8 Å². The fourth-order valence-corrected chi connectivity index (χ4v) is 3.59. The van der Waals surface area contributed by atoms with Crippen LogP contribution in [0.4, 0.5) is 0 Å². The Morgan fingerprint density at radius 3 is 1.88 bits per heavy atom. The number of benzene rings is 1. The van der Waals surface area contributed by atoms with E-state index in [1.807, 2.05) is 0 Å². The summed E-state index contributed by atoms with van der Waals surface area (Å²) < 4.78 is 32.3. The highest BCUT2D eigenvalue weighted by atomic mass is 16.7. The summed E-state index contributed by atoms with van der Waals surface area (Å²) in [6.07, 6.45) is -14.4. The fourth-order valence-electron chi connectivity index (χ4n) is 3.59. The lowest BCUT2D eigenvalue weighted by molar-refractivity contribution is -0.318. The summed E-state index contributed by atoms with van der Waals surface area (Å²) in [6, 6.07) is 2.48. The lowest BCUT2D eigenvalue weighted by Crippen LogP contribution is -2.61. The molecule has 2 aliphatic heterocycles. The quantitative estimate of drug-likeness (QED) is 0.216. The molecule has 0 amide bonds. The number of methoxy groups -OCH3 is 2. The standard InChI is InChI=1S/C20H30O13/c1-7-12(22)14(24)16(26)19(31-7)30-6-11-13(23)15(25)17(27)20(32-11)33-18-9(28-2)4-8(21)5-10(18)29-3/h4-5,7,11-17,19-27H,6H2,1-3H3/t7-,11+,12-,13+,14+,15-,16+,17+,19+,20-/m0/s1. The summed E-state index contributed by atoms with van der Waals surface area (Å²) >= 11 is 0. The molecule has 0 spiro atoms. The molecule has 0 unspecified atom stereocenters. The molecule has 33 heavy (non-hydrogen) atoms. The number of aromatic hydroxyl groups is 1. The van der Waals surface area contributed by atoms with E-state index in [-0.39, 0.29) is 23.0 Å². The van der Waals surface area contributed by atoms with E-state index in [0.717, 1.165) is 0 Å². The molecule has 188 valence electrons. The fraction of sp³-hybridized carbons (Fsp3) is 0.700. The number of phenolic OH excluding ortho intramolecular Hbond substituents is 1. The Bertz CT molecular complexity index is 766. The molecule has 2 saturated heterocycles. The highest BCUT2D eigenvalue weighted by molar-refractivity contribution is 5.55. The van der Waals surface area contributed by atoms with Crippen molar-refractivity contribution in [1.82, 2.24) is 0 Å². The zero-order chi connectivity index (χ0) is 24.4. The molecule has 13 heteroatoms. The van der Waals surface area contributed by atoms with E-state index >= 15 is 0 Å². The summed E-state index contributed by atoms with van der Waals surface area (Å²) in [5, 5.41) is 70.5. The molecule has 0 radical (unpaired) electrons. The summed E-state index contributed by atoms with van der Waals surface area (Å²) in [6.45, 7) is 1.04. The van der Waals surface area contributed by atoms with Crippen molar-refractivity contribution < 1.29 is 64.2 Å². The monoisotopic (exact) mass is 478 g/mol. The molecule has 10 atom stereocenters. The molecule has 0 aromatic heterocycles. The maximum absolute atomic E-state index is 10.4. The maximum Gasteiger partial charge on any atom is 0.229 e. The van der Waals surface area contributed by atoms with Gasteiger partial charge in [-0.15, -0.1) is 0 Å². The first-order valence-electron chi connectivity index (χ1n) is 10.2. The van der Waals surface area contributed by atoms with E-state index < -0.39 is 68.0 Å². The van der Waals surface area contributed by atoms with Crippen LogP contribution < -0.4 is 14.2 Å². The first kappa shape index (κ1) is 25.7. The Morgan fingerprint density at radius 2 is 1.30 bits per heavy atom. The molecule has 1 aromatic rings. The predicted molar refractivity (Wildman–Crippen MR) is 107 cm³/mol. The Kier molecular flexibility index (Phi) is 8.21. The van der Waals surface area contributed by atoms with Crippen LogP contribution in [0.15, 0.2) is 12.1 Å². The van der Waals surface area contributed by atoms with Crippen molar-refractivity contribution in [2.75, 3.05) is 20.8 Å². The summed E-state index contributed by atoms with van der Waals surface area (Å²) in [7, 11) is 2.63. The minimum Gasteiger partial charge on any atom is -0.508 e. The van der Waals surface area contributed by atoms with E-state index in [9.17, 15) is 35.7 Å². The Balaban J connectivity index is 1.73. The van der Waals surface area contributed by atoms with Crippen LogP contribution >= 0.6 is 0 Å². The van der Waals surface area contributed by atoms with E-state index in [0.29, 0.717) is 0 Å². The van der Waals surface area contributed by atoms with Gasteiger partial charge in [-0.3, -0.25) is 0 Å². The van der Waals surface area contributed by atoms with Crippen molar-refractivity contribution in [1.29, 1.82) is 0 Å². The minimum absolute atomic E-state index is 0.0397. The third kappa shape index (κ3) is 5.26. The van der Waals surface area contributed by atoms with Crippen LogP contribution in [0.25, 0.3) is 0 Å². The second-order valence-corrected chi connectivity index (χ2v) is 7.83. The highest BCUT2D eigenvalue weighted by Crippen LogP contribution is 2.42. The molecule has 0 bridgehead atoms. The third-order valence-electron chi connectivity index (χ3n) is 5.58. The Labute approximate surface area is 189 Å². The normalized spacial score (nSPS) is 39.2. The van der Waals surface area contributed by atoms with E-state index in [2.05, 4.69) is 0 Å². The van der Waals surface area contributed by atoms with Crippen LogP contribution in [0.1, 0.15) is 6.92 Å². The van der Waals surface area contributed by atoms with E-state index in [1.54, 1.807) is 0 Å². The average Bonchev–Trinajstić information content (AvgIpc) is 2.80. The highest BCUT2D eigenvalue weighted by Gasteiger charge is 2.47. The van der Waals surface area contributed by atoms with Crippen molar-refractivity contribution >= 4 is 0 Å². The lowest BCUT2D eigenvalue weighted by atomic mass is 9.98. The van der Waals surface area contributed by atoms with Crippen LogP contribution in [-0.4, -0.2) is 118 Å². The van der Waals surface area contributed by atoms with Gasteiger partial charge in [0.25, 0.3) is 0 Å². The Hall–Kier alpha value is -1.94. The SMILES string of the molecule is COc1cc(O)cc(OC)c1O[C@@H]1O[C@H](CO[C@@H]2O[C@@H](C)[C@H](O)[C@@H](O)[C@H]2O)[C@@H](O)[C@H](O)[C@H]1O. The van der Waals surface area contributed by atoms with E-state index in [1.165, 1.54) is 33.3 Å². The molecule has 7 N–H and O–H groups in total. The third-order valence-corrected chi connectivity index (χ3v) is 5.58. The van der Waals surface area contributed by atoms with Crippen molar-refractivity contribution in [2.24, 2.45) is 0 Å². The molecule has 2 fully saturated rings. The molecule has 0 aliphatic carbocycles. The van der Waals surface area contributed by atoms with Gasteiger partial charge in [-0.1, -0.05) is 0 Å². The molecule has 13 nitrogen and oxygen atoms in total. The summed E-state index contributed by atoms with van der Waals surface area (Å²) in [5.74, 6) is -0.106. The predicted octanol–water partition coefficient (Wildman–Crippen LogP) is -2.56. The maximum atomic E-state index is 10.4. The molecule has 2 heterocycles. The number of rotatable bonds is 7. The number of hydrogen-bond donors (Lipinski definition) is 7. The lowest BCUT2D eigenvalue weighted by Gasteiger charge is -2.42. The van der Waals surface area contributed by atoms with Crippen molar-refractivity contribution in [2.45, 2.75) is 68.3 Å². The van der Waals surface area contributed by atoms with Crippen molar-refractivity contribution in [3.63, 3.8) is 0 Å². The van der Waals surface area contributed by atoms with Gasteiger partial charge < -0.3 is 64.2 Å². The van der Waals surface area contributed by atoms with Gasteiger partial charge in [0.1, 0.15) is 48.5 Å². The van der Waals surface area contributed by atoms with Crippen molar-refractivity contribution in [3.05, 3.63) is 12.1 Å². The molecule has 1 aromatic carbocycles. The topological polar surface area (TPSA) is 197 Å². The van der Waals surface area contributed by atoms with Crippen LogP contribution in [0.3, 0.4) is 0 Å². The number of aliphatic hydroxyl groups is 6. The van der Waals surface area contributed by atoms with Crippen LogP contribution in [0.5, 0.6) is 23.0 Å². The molecular formula is C20H30O13. The van der Waals surface area contributed by atoms with Gasteiger partial charge >= 0.3 is 0 Å². The van der Waals surface area contributed by atoms with Gasteiger partial charge in [0.05, 0.1) is 26.9 Å². The van der Waals surface area contributed by atoms with E-state index in [4.69, 9.17) is 28.4 Å². The summed E-state index contributed by atoms with van der Waals surface area (Å²) in [5.41, 5.74) is 0. The van der Waals surface area contributed by atoms with Gasteiger partial charge in [-0.2, -0.15) is 0 Å². The second kappa shape index (κ2) is 10.5. The smallest absolute Gasteiger partial charge is 0.229 e. The average molecular weight is 478 g/mol. The second-order valence-electron chi connectivity index (χ2n) is 7.83. The Morgan fingerprint density at radius 1 is 0.758 bits per heavy atom. The zero-order valence-electron chi connectivity index (χ0n) is 18.2. The number of hydrogen-bond acceptors (Lipinski definition) is 13. The van der Waals surface area contributed by atoms with Gasteiger partial charge in [0.2, 0.25) is 12.0 Å². The molecule has 2 aliphatic rings. The van der Waals surface area contributed by atoms with Gasteiger partial charge in [-0.05, 0) is 6.92 Å². The van der Waals surface area contributed by atoms with Crippen molar-refractivity contribution in [3.8, 4) is 23.0 Å².